The lowest BCUT2D eigenvalue weighted by Crippen LogP contribution is -2.47. The van der Waals surface area contributed by atoms with Gasteiger partial charge in [0.2, 0.25) is 5.88 Å². The molecule has 1 atom stereocenters. The van der Waals surface area contributed by atoms with Gasteiger partial charge in [0.25, 0.3) is 0 Å². The Morgan fingerprint density at radius 3 is 2.54 bits per heavy atom. The molecule has 2 heterocycles. The first-order valence-electron chi connectivity index (χ1n) is 8.17. The number of halogens is 2. The van der Waals surface area contributed by atoms with E-state index in [2.05, 4.69) is 9.97 Å². The fourth-order valence-electron chi connectivity index (χ4n) is 2.46. The van der Waals surface area contributed by atoms with Crippen molar-refractivity contribution in [2.24, 2.45) is 0 Å². The summed E-state index contributed by atoms with van der Waals surface area (Å²) >= 11 is 12.0. The smallest absolute Gasteiger partial charge is 0.410 e. The van der Waals surface area contributed by atoms with Gasteiger partial charge in [-0.2, -0.15) is 0 Å². The third-order valence-corrected chi connectivity index (χ3v) is 4.28. The predicted octanol–water partition coefficient (Wildman–Crippen LogP) is 5.26. The largest absolute Gasteiger partial charge is 0.444 e. The van der Waals surface area contributed by atoms with Crippen LogP contribution in [0.5, 0.6) is 11.6 Å². The van der Waals surface area contributed by atoms with Crippen LogP contribution in [0.25, 0.3) is 0 Å². The molecule has 1 aliphatic rings. The topological polar surface area (TPSA) is 64.5 Å². The molecule has 1 aromatic carbocycles. The standard InChI is InChI=1S/C18H19Cl2N3O3/c1-18(2,3)26-17(24)23-7-6-14(23)13-9-22-16(10-21-13)25-15-5-4-11(19)8-12(15)20/h4-5,8-10,14H,6-7H2,1-3H3. The highest BCUT2D eigenvalue weighted by atomic mass is 35.5. The minimum atomic E-state index is -0.529. The average Bonchev–Trinajstić information content (AvgIpc) is 2.49. The van der Waals surface area contributed by atoms with Crippen molar-refractivity contribution in [2.45, 2.75) is 38.8 Å². The Balaban J connectivity index is 1.67. The van der Waals surface area contributed by atoms with Crippen molar-refractivity contribution in [3.05, 3.63) is 46.3 Å². The molecule has 3 rings (SSSR count). The molecule has 0 radical (unpaired) electrons. The number of likely N-dealkylation sites (tertiary alicyclic amines) is 1. The molecule has 2 aromatic rings. The van der Waals surface area contributed by atoms with Gasteiger partial charge in [-0.1, -0.05) is 23.2 Å². The van der Waals surface area contributed by atoms with Gasteiger partial charge in [0.1, 0.15) is 11.4 Å². The molecule has 1 fully saturated rings. The molecule has 0 aliphatic carbocycles. The van der Waals surface area contributed by atoms with Crippen molar-refractivity contribution in [3.63, 3.8) is 0 Å². The van der Waals surface area contributed by atoms with Crippen LogP contribution in [0.2, 0.25) is 10.0 Å². The first-order chi connectivity index (χ1) is 12.2. The molecule has 0 spiro atoms. The second-order valence-electron chi connectivity index (χ2n) is 6.93. The van der Waals surface area contributed by atoms with Gasteiger partial charge in [-0.25, -0.2) is 9.78 Å². The van der Waals surface area contributed by atoms with Crippen LogP contribution in [-0.2, 0) is 4.74 Å². The average molecular weight is 396 g/mol. The zero-order chi connectivity index (χ0) is 18.9. The van der Waals surface area contributed by atoms with Gasteiger partial charge in [0, 0.05) is 11.6 Å². The zero-order valence-corrected chi connectivity index (χ0v) is 16.2. The molecule has 1 aromatic heterocycles. The van der Waals surface area contributed by atoms with Crippen LogP contribution in [0.4, 0.5) is 4.79 Å². The first-order valence-corrected chi connectivity index (χ1v) is 8.93. The van der Waals surface area contributed by atoms with E-state index >= 15 is 0 Å². The second-order valence-corrected chi connectivity index (χ2v) is 7.78. The number of amides is 1. The summed E-state index contributed by atoms with van der Waals surface area (Å²) in [5.41, 5.74) is 0.162. The van der Waals surface area contributed by atoms with Crippen LogP contribution >= 0.6 is 23.2 Å². The van der Waals surface area contributed by atoms with E-state index < -0.39 is 5.60 Å². The van der Waals surface area contributed by atoms with Crippen molar-refractivity contribution in [1.29, 1.82) is 0 Å². The van der Waals surface area contributed by atoms with Crippen LogP contribution < -0.4 is 4.74 Å². The number of ether oxygens (including phenoxy) is 2. The molecule has 0 N–H and O–H groups in total. The zero-order valence-electron chi connectivity index (χ0n) is 14.7. The molecule has 0 bridgehead atoms. The van der Waals surface area contributed by atoms with E-state index in [0.717, 1.165) is 6.42 Å². The number of hydrogen-bond donors (Lipinski definition) is 0. The van der Waals surface area contributed by atoms with Gasteiger partial charge in [-0.3, -0.25) is 9.88 Å². The van der Waals surface area contributed by atoms with Crippen molar-refractivity contribution in [2.75, 3.05) is 6.54 Å². The summed E-state index contributed by atoms with van der Waals surface area (Å²) in [6.07, 6.45) is 3.58. The Morgan fingerprint density at radius 1 is 1.23 bits per heavy atom. The van der Waals surface area contributed by atoms with Crippen molar-refractivity contribution < 1.29 is 14.3 Å². The maximum absolute atomic E-state index is 12.2. The lowest BCUT2D eigenvalue weighted by Gasteiger charge is -2.40. The third-order valence-electron chi connectivity index (χ3n) is 3.75. The van der Waals surface area contributed by atoms with Gasteiger partial charge in [0.05, 0.1) is 29.2 Å². The van der Waals surface area contributed by atoms with E-state index in [4.69, 9.17) is 32.7 Å². The number of carbonyl (C=O) groups is 1. The maximum atomic E-state index is 12.2. The van der Waals surface area contributed by atoms with E-state index in [1.807, 2.05) is 20.8 Å². The Bertz CT molecular complexity index is 806. The van der Waals surface area contributed by atoms with Gasteiger partial charge in [-0.15, -0.1) is 0 Å². The quantitative estimate of drug-likeness (QED) is 0.708. The molecule has 138 valence electrons. The Morgan fingerprint density at radius 2 is 2.00 bits per heavy atom. The normalized spacial score (nSPS) is 16.8. The van der Waals surface area contributed by atoms with Crippen molar-refractivity contribution >= 4 is 29.3 Å². The Hall–Kier alpha value is -2.05. The Labute approximate surface area is 162 Å². The van der Waals surface area contributed by atoms with E-state index in [9.17, 15) is 4.79 Å². The van der Waals surface area contributed by atoms with Crippen LogP contribution in [0, 0.1) is 0 Å². The monoisotopic (exact) mass is 395 g/mol. The fourth-order valence-corrected chi connectivity index (χ4v) is 2.90. The molecule has 0 saturated carbocycles. The second kappa shape index (κ2) is 7.29. The summed E-state index contributed by atoms with van der Waals surface area (Å²) in [5.74, 6) is 0.748. The lowest BCUT2D eigenvalue weighted by atomic mass is 10.0. The number of rotatable bonds is 3. The fraction of sp³-hybridized carbons (Fsp3) is 0.389. The lowest BCUT2D eigenvalue weighted by molar-refractivity contribution is -0.00659. The van der Waals surface area contributed by atoms with Gasteiger partial charge in [0.15, 0.2) is 0 Å². The molecule has 1 amide bonds. The third kappa shape index (κ3) is 4.37. The van der Waals surface area contributed by atoms with Crippen molar-refractivity contribution in [3.8, 4) is 11.6 Å². The number of carbonyl (C=O) groups excluding carboxylic acids is 1. The molecule has 1 saturated heterocycles. The predicted molar refractivity (Wildman–Crippen MR) is 98.9 cm³/mol. The molecular weight excluding hydrogens is 377 g/mol. The summed E-state index contributed by atoms with van der Waals surface area (Å²) < 4.78 is 11.0. The minimum absolute atomic E-state index is 0.134. The van der Waals surface area contributed by atoms with Crippen LogP contribution in [0.3, 0.4) is 0 Å². The van der Waals surface area contributed by atoms with E-state index in [1.165, 1.54) is 6.20 Å². The number of benzene rings is 1. The molecule has 6 nitrogen and oxygen atoms in total. The van der Waals surface area contributed by atoms with Crippen molar-refractivity contribution in [1.82, 2.24) is 14.9 Å². The van der Waals surface area contributed by atoms with E-state index in [-0.39, 0.29) is 12.1 Å². The van der Waals surface area contributed by atoms with Gasteiger partial charge < -0.3 is 9.47 Å². The summed E-state index contributed by atoms with van der Waals surface area (Å²) in [4.78, 5) is 22.5. The molecule has 8 heteroatoms. The van der Waals surface area contributed by atoms with Crippen LogP contribution in [-0.4, -0.2) is 33.1 Å². The first kappa shape index (κ1) is 18.7. The van der Waals surface area contributed by atoms with E-state index in [0.29, 0.717) is 33.9 Å². The summed E-state index contributed by atoms with van der Waals surface area (Å²) in [6, 6.07) is 4.80. The Kier molecular flexibility index (Phi) is 5.25. The molecule has 1 unspecified atom stereocenters. The van der Waals surface area contributed by atoms with Crippen LogP contribution in [0.15, 0.2) is 30.6 Å². The number of aromatic nitrogens is 2. The summed E-state index contributed by atoms with van der Waals surface area (Å²) in [6.45, 7) is 6.16. The minimum Gasteiger partial charge on any atom is -0.444 e. The highest BCUT2D eigenvalue weighted by Gasteiger charge is 2.37. The highest BCUT2D eigenvalue weighted by molar-refractivity contribution is 6.35. The highest BCUT2D eigenvalue weighted by Crippen LogP contribution is 2.34. The van der Waals surface area contributed by atoms with Gasteiger partial charge >= 0.3 is 6.09 Å². The van der Waals surface area contributed by atoms with E-state index in [1.54, 1.807) is 29.3 Å². The summed E-state index contributed by atoms with van der Waals surface area (Å²) in [7, 11) is 0. The maximum Gasteiger partial charge on any atom is 0.410 e. The molecule has 1 aliphatic heterocycles. The SMILES string of the molecule is CC(C)(C)OC(=O)N1CCC1c1cnc(Oc2ccc(Cl)cc2Cl)cn1. The summed E-state index contributed by atoms with van der Waals surface area (Å²) in [5, 5.41) is 0.912. The molecule has 26 heavy (non-hydrogen) atoms. The van der Waals surface area contributed by atoms with Gasteiger partial charge in [-0.05, 0) is 45.4 Å². The number of nitrogens with zero attached hydrogens (tertiary/aromatic N) is 3. The number of hydrogen-bond acceptors (Lipinski definition) is 5. The van der Waals surface area contributed by atoms with Crippen LogP contribution in [0.1, 0.15) is 38.9 Å². The molecular formula is C18H19Cl2N3O3.